The first-order chi connectivity index (χ1) is 5.24. The molecule has 0 radical (unpaired) electrons. The van der Waals surface area contributed by atoms with Crippen molar-refractivity contribution >= 4 is 5.82 Å². The van der Waals surface area contributed by atoms with E-state index in [-0.39, 0.29) is 0 Å². The zero-order valence-corrected chi connectivity index (χ0v) is 7.18. The van der Waals surface area contributed by atoms with Gasteiger partial charge in [0.05, 0.1) is 17.6 Å². The van der Waals surface area contributed by atoms with Crippen molar-refractivity contribution < 1.29 is 0 Å². The summed E-state index contributed by atoms with van der Waals surface area (Å²) < 4.78 is 0. The van der Waals surface area contributed by atoms with Crippen molar-refractivity contribution in [3.8, 4) is 0 Å². The van der Waals surface area contributed by atoms with Crippen molar-refractivity contribution in [3.05, 3.63) is 17.6 Å². The molecule has 1 N–H and O–H groups in total. The van der Waals surface area contributed by atoms with Gasteiger partial charge >= 0.3 is 0 Å². The normalized spacial score (nSPS) is 9.73. The van der Waals surface area contributed by atoms with Gasteiger partial charge in [0, 0.05) is 6.54 Å². The Morgan fingerprint density at radius 1 is 1.36 bits per heavy atom. The van der Waals surface area contributed by atoms with E-state index >= 15 is 0 Å². The van der Waals surface area contributed by atoms with Crippen molar-refractivity contribution in [1.82, 2.24) is 9.97 Å². The summed E-state index contributed by atoms with van der Waals surface area (Å²) >= 11 is 0. The summed E-state index contributed by atoms with van der Waals surface area (Å²) in [7, 11) is 0. The fraction of sp³-hybridized carbons (Fsp3) is 0.500. The highest BCUT2D eigenvalue weighted by molar-refractivity contribution is 5.32. The smallest absolute Gasteiger partial charge is 0.144 e. The van der Waals surface area contributed by atoms with Gasteiger partial charge in [0.15, 0.2) is 0 Å². The van der Waals surface area contributed by atoms with Crippen LogP contribution < -0.4 is 5.32 Å². The summed E-state index contributed by atoms with van der Waals surface area (Å²) in [6.07, 6.45) is 1.76. The van der Waals surface area contributed by atoms with Crippen LogP contribution in [0.25, 0.3) is 0 Å². The lowest BCUT2D eigenvalue weighted by Crippen LogP contribution is -2.02. The lowest BCUT2D eigenvalue weighted by atomic mass is 10.3. The first-order valence-corrected chi connectivity index (χ1v) is 3.78. The third kappa shape index (κ3) is 1.90. The lowest BCUT2D eigenvalue weighted by Gasteiger charge is -2.03. The molecule has 0 aliphatic carbocycles. The average molecular weight is 151 g/mol. The van der Waals surface area contributed by atoms with E-state index in [2.05, 4.69) is 15.3 Å². The summed E-state index contributed by atoms with van der Waals surface area (Å²) in [4.78, 5) is 8.46. The Hall–Kier alpha value is -1.12. The summed E-state index contributed by atoms with van der Waals surface area (Å²) in [6.45, 7) is 6.84. The number of nitrogens with one attached hydrogen (secondary N) is 1. The van der Waals surface area contributed by atoms with Gasteiger partial charge in [-0.2, -0.15) is 0 Å². The van der Waals surface area contributed by atoms with E-state index < -0.39 is 0 Å². The molecule has 1 aromatic heterocycles. The molecule has 0 saturated heterocycles. The molecule has 3 heteroatoms. The lowest BCUT2D eigenvalue weighted by molar-refractivity contribution is 1.03. The highest BCUT2D eigenvalue weighted by atomic mass is 15.0. The topological polar surface area (TPSA) is 37.8 Å². The number of rotatable bonds is 2. The fourth-order valence-corrected chi connectivity index (χ4v) is 0.808. The van der Waals surface area contributed by atoms with E-state index in [9.17, 15) is 0 Å². The Bertz CT molecular complexity index is 245. The molecule has 0 atom stereocenters. The Kier molecular flexibility index (Phi) is 2.41. The molecule has 0 fully saturated rings. The molecule has 0 bridgehead atoms. The number of nitrogens with zero attached hydrogens (tertiary/aromatic N) is 2. The molecule has 0 unspecified atom stereocenters. The van der Waals surface area contributed by atoms with Crippen LogP contribution in [0.5, 0.6) is 0 Å². The summed E-state index contributed by atoms with van der Waals surface area (Å²) in [5.74, 6) is 0.857. The van der Waals surface area contributed by atoms with Crippen molar-refractivity contribution in [1.29, 1.82) is 0 Å². The van der Waals surface area contributed by atoms with Crippen LogP contribution in [0.4, 0.5) is 5.82 Å². The van der Waals surface area contributed by atoms with Crippen LogP contribution in [-0.2, 0) is 0 Å². The first kappa shape index (κ1) is 7.98. The van der Waals surface area contributed by atoms with Gasteiger partial charge in [-0.05, 0) is 20.8 Å². The molecular formula is C8H13N3. The molecule has 1 heterocycles. The van der Waals surface area contributed by atoms with E-state index in [0.717, 1.165) is 23.8 Å². The number of hydrogen-bond donors (Lipinski definition) is 1. The number of anilines is 1. The quantitative estimate of drug-likeness (QED) is 0.696. The van der Waals surface area contributed by atoms with E-state index in [0.29, 0.717) is 0 Å². The molecular weight excluding hydrogens is 138 g/mol. The van der Waals surface area contributed by atoms with E-state index in [1.54, 1.807) is 6.20 Å². The third-order valence-electron chi connectivity index (χ3n) is 1.55. The maximum Gasteiger partial charge on any atom is 0.144 e. The first-order valence-electron chi connectivity index (χ1n) is 3.78. The zero-order valence-electron chi connectivity index (χ0n) is 7.18. The minimum Gasteiger partial charge on any atom is -0.369 e. The number of aromatic nitrogens is 2. The number of hydrogen-bond acceptors (Lipinski definition) is 3. The Morgan fingerprint density at radius 3 is 2.64 bits per heavy atom. The molecule has 0 spiro atoms. The molecule has 11 heavy (non-hydrogen) atoms. The molecule has 1 aromatic rings. The van der Waals surface area contributed by atoms with Gasteiger partial charge in [0.2, 0.25) is 0 Å². The van der Waals surface area contributed by atoms with E-state index in [4.69, 9.17) is 0 Å². The molecule has 0 amide bonds. The van der Waals surface area contributed by atoms with Gasteiger partial charge in [-0.15, -0.1) is 0 Å². The largest absolute Gasteiger partial charge is 0.369 e. The molecule has 60 valence electrons. The van der Waals surface area contributed by atoms with E-state index in [1.165, 1.54) is 0 Å². The van der Waals surface area contributed by atoms with Crippen molar-refractivity contribution in [2.45, 2.75) is 20.8 Å². The SMILES string of the molecule is CCNc1cnc(C)c(C)n1. The zero-order chi connectivity index (χ0) is 8.27. The minimum atomic E-state index is 0.857. The molecule has 0 aromatic carbocycles. The van der Waals surface area contributed by atoms with Crippen molar-refractivity contribution in [2.24, 2.45) is 0 Å². The van der Waals surface area contributed by atoms with Gasteiger partial charge in [-0.1, -0.05) is 0 Å². The Balaban J connectivity index is 2.86. The summed E-state index contributed by atoms with van der Waals surface area (Å²) in [6, 6.07) is 0. The molecule has 0 saturated carbocycles. The van der Waals surface area contributed by atoms with Crippen LogP contribution in [0.1, 0.15) is 18.3 Å². The molecule has 3 nitrogen and oxygen atoms in total. The van der Waals surface area contributed by atoms with Crippen LogP contribution in [0, 0.1) is 13.8 Å². The Morgan fingerprint density at radius 2 is 2.09 bits per heavy atom. The van der Waals surface area contributed by atoms with Crippen molar-refractivity contribution in [2.75, 3.05) is 11.9 Å². The van der Waals surface area contributed by atoms with Gasteiger partial charge in [0.1, 0.15) is 5.82 Å². The monoisotopic (exact) mass is 151 g/mol. The molecule has 0 aliphatic heterocycles. The Labute approximate surface area is 66.9 Å². The average Bonchev–Trinajstić information content (AvgIpc) is 1.98. The second-order valence-corrected chi connectivity index (χ2v) is 2.46. The third-order valence-corrected chi connectivity index (χ3v) is 1.55. The van der Waals surface area contributed by atoms with Crippen LogP contribution >= 0.6 is 0 Å². The number of aryl methyl sites for hydroxylation is 2. The predicted octanol–water partition coefficient (Wildman–Crippen LogP) is 1.53. The van der Waals surface area contributed by atoms with Crippen LogP contribution in [0.15, 0.2) is 6.20 Å². The van der Waals surface area contributed by atoms with Crippen LogP contribution in [0.2, 0.25) is 0 Å². The van der Waals surface area contributed by atoms with E-state index in [1.807, 2.05) is 20.8 Å². The van der Waals surface area contributed by atoms with Gasteiger partial charge < -0.3 is 5.32 Å². The van der Waals surface area contributed by atoms with Crippen molar-refractivity contribution in [3.63, 3.8) is 0 Å². The summed E-state index contributed by atoms with van der Waals surface area (Å²) in [5.41, 5.74) is 1.98. The maximum absolute atomic E-state index is 4.29. The highest BCUT2D eigenvalue weighted by Crippen LogP contribution is 2.04. The standard InChI is InChI=1S/C8H13N3/c1-4-9-8-5-10-6(2)7(3)11-8/h5H,4H2,1-3H3,(H,9,11). The second-order valence-electron chi connectivity index (χ2n) is 2.46. The minimum absolute atomic E-state index is 0.857. The predicted molar refractivity (Wildman–Crippen MR) is 45.7 cm³/mol. The molecule has 1 rings (SSSR count). The maximum atomic E-state index is 4.29. The second kappa shape index (κ2) is 3.32. The van der Waals surface area contributed by atoms with Crippen LogP contribution in [0.3, 0.4) is 0 Å². The van der Waals surface area contributed by atoms with Crippen LogP contribution in [-0.4, -0.2) is 16.5 Å². The van der Waals surface area contributed by atoms with Gasteiger partial charge in [-0.25, -0.2) is 4.98 Å². The molecule has 0 aliphatic rings. The van der Waals surface area contributed by atoms with Gasteiger partial charge in [-0.3, -0.25) is 4.98 Å². The highest BCUT2D eigenvalue weighted by Gasteiger charge is 1.96. The fourth-order valence-electron chi connectivity index (χ4n) is 0.808. The summed E-state index contributed by atoms with van der Waals surface area (Å²) in [5, 5.41) is 3.10. The van der Waals surface area contributed by atoms with Gasteiger partial charge in [0.25, 0.3) is 0 Å².